The molecule has 0 aromatic carbocycles. The second-order valence-corrected chi connectivity index (χ2v) is 9.70. The van der Waals surface area contributed by atoms with Crippen LogP contribution in [0.1, 0.15) is 47.7 Å². The fourth-order valence-electron chi connectivity index (χ4n) is 2.99. The van der Waals surface area contributed by atoms with Crippen LogP contribution < -0.4 is 0 Å². The van der Waals surface area contributed by atoms with Crippen molar-refractivity contribution in [1.82, 2.24) is 0 Å². The number of rotatable bonds is 3. The second kappa shape index (κ2) is 6.26. The summed E-state index contributed by atoms with van der Waals surface area (Å²) < 4.78 is 28.3. The van der Waals surface area contributed by atoms with Crippen LogP contribution >= 0.6 is 22.0 Å². The van der Waals surface area contributed by atoms with Crippen LogP contribution in [0.25, 0.3) is 0 Å². The van der Waals surface area contributed by atoms with E-state index in [1.165, 1.54) is 6.07 Å². The van der Waals surface area contributed by atoms with Crippen molar-refractivity contribution in [1.29, 1.82) is 0 Å². The molecule has 0 amide bonds. The highest BCUT2D eigenvalue weighted by molar-refractivity contribution is 8.13. The smallest absolute Gasteiger partial charge is 0.348 e. The number of aryl methyl sites for hydroxylation is 1. The summed E-state index contributed by atoms with van der Waals surface area (Å²) in [6.07, 6.45) is 2.79. The molecule has 1 fully saturated rings. The highest BCUT2D eigenvalue weighted by atomic mass is 35.7. The van der Waals surface area contributed by atoms with Gasteiger partial charge in [-0.15, -0.1) is 11.3 Å². The zero-order valence-electron chi connectivity index (χ0n) is 12.3. The van der Waals surface area contributed by atoms with Gasteiger partial charge in [-0.05, 0) is 44.1 Å². The van der Waals surface area contributed by atoms with Crippen LogP contribution in [0.15, 0.2) is 11.0 Å². The predicted molar refractivity (Wildman–Crippen MR) is 83.5 cm³/mol. The molecule has 1 saturated carbocycles. The van der Waals surface area contributed by atoms with Crippen molar-refractivity contribution in [3.8, 4) is 0 Å². The molecule has 0 aliphatic heterocycles. The lowest BCUT2D eigenvalue weighted by molar-refractivity contribution is 0.00856. The number of esters is 1. The van der Waals surface area contributed by atoms with Crippen molar-refractivity contribution in [2.24, 2.45) is 11.8 Å². The van der Waals surface area contributed by atoms with E-state index in [1.807, 2.05) is 0 Å². The van der Waals surface area contributed by atoms with Gasteiger partial charge in [0.25, 0.3) is 9.05 Å². The van der Waals surface area contributed by atoms with Crippen LogP contribution in [0.2, 0.25) is 0 Å². The largest absolute Gasteiger partial charge is 0.458 e. The minimum Gasteiger partial charge on any atom is -0.458 e. The van der Waals surface area contributed by atoms with E-state index in [1.54, 1.807) is 6.92 Å². The van der Waals surface area contributed by atoms with E-state index in [0.717, 1.165) is 30.6 Å². The first-order valence-corrected chi connectivity index (χ1v) is 10.1. The van der Waals surface area contributed by atoms with Gasteiger partial charge >= 0.3 is 5.97 Å². The normalized spacial score (nSPS) is 26.6. The first kappa shape index (κ1) is 16.8. The Labute approximate surface area is 133 Å². The van der Waals surface area contributed by atoms with E-state index in [-0.39, 0.29) is 15.9 Å². The lowest BCUT2D eigenvalue weighted by Gasteiger charge is -2.30. The molecule has 0 saturated heterocycles. The van der Waals surface area contributed by atoms with Crippen LogP contribution in [-0.2, 0) is 13.8 Å². The molecule has 2 rings (SSSR count). The van der Waals surface area contributed by atoms with Crippen LogP contribution in [0, 0.1) is 18.8 Å². The number of ether oxygens (including phenoxy) is 1. The third-order valence-corrected chi connectivity index (χ3v) is 6.35. The highest BCUT2D eigenvalue weighted by Crippen LogP contribution is 2.33. The van der Waals surface area contributed by atoms with Crippen LogP contribution in [-0.4, -0.2) is 20.5 Å². The third kappa shape index (κ3) is 4.20. The van der Waals surface area contributed by atoms with E-state index in [4.69, 9.17) is 15.4 Å². The zero-order chi connectivity index (χ0) is 15.8. The molecule has 21 heavy (non-hydrogen) atoms. The SMILES string of the molecule is Cc1sc(C(=O)OC2CC(C)CC(C)C2)cc1S(=O)(=O)Cl. The number of hydrogen-bond acceptors (Lipinski definition) is 5. The zero-order valence-corrected chi connectivity index (χ0v) is 14.6. The Hall–Kier alpha value is -0.590. The summed E-state index contributed by atoms with van der Waals surface area (Å²) in [5.41, 5.74) is 0. The van der Waals surface area contributed by atoms with Gasteiger partial charge in [-0.25, -0.2) is 13.2 Å². The lowest BCUT2D eigenvalue weighted by atomic mass is 9.82. The van der Waals surface area contributed by atoms with Crippen molar-refractivity contribution >= 4 is 37.0 Å². The van der Waals surface area contributed by atoms with Crippen molar-refractivity contribution in [3.63, 3.8) is 0 Å². The van der Waals surface area contributed by atoms with Crippen molar-refractivity contribution < 1.29 is 17.9 Å². The van der Waals surface area contributed by atoms with Gasteiger partial charge in [-0.1, -0.05) is 13.8 Å². The monoisotopic (exact) mass is 350 g/mol. The molecule has 1 heterocycles. The number of halogens is 1. The molecule has 0 spiro atoms. The second-order valence-electron chi connectivity index (χ2n) is 5.91. The van der Waals surface area contributed by atoms with Crippen LogP contribution in [0.3, 0.4) is 0 Å². The first-order chi connectivity index (χ1) is 9.66. The summed E-state index contributed by atoms with van der Waals surface area (Å²) in [6.45, 7) is 5.94. The van der Waals surface area contributed by atoms with Gasteiger partial charge in [0.1, 0.15) is 11.0 Å². The molecule has 118 valence electrons. The maximum Gasteiger partial charge on any atom is 0.348 e. The molecule has 7 heteroatoms. The summed E-state index contributed by atoms with van der Waals surface area (Å²) in [7, 11) is 1.52. The molecule has 1 aromatic heterocycles. The quantitative estimate of drug-likeness (QED) is 0.611. The average molecular weight is 351 g/mol. The van der Waals surface area contributed by atoms with Crippen molar-refractivity contribution in [2.45, 2.75) is 51.0 Å². The molecule has 1 aliphatic carbocycles. The van der Waals surface area contributed by atoms with Gasteiger partial charge in [0.15, 0.2) is 0 Å². The van der Waals surface area contributed by atoms with Gasteiger partial charge in [-0.3, -0.25) is 0 Å². The van der Waals surface area contributed by atoms with E-state index in [9.17, 15) is 13.2 Å². The Morgan fingerprint density at radius 1 is 1.29 bits per heavy atom. The fourth-order valence-corrected chi connectivity index (χ4v) is 5.53. The maximum absolute atomic E-state index is 12.2. The minimum absolute atomic E-state index is 0.00787. The van der Waals surface area contributed by atoms with Gasteiger partial charge in [0.2, 0.25) is 0 Å². The van der Waals surface area contributed by atoms with E-state index in [2.05, 4.69) is 13.8 Å². The lowest BCUT2D eigenvalue weighted by Crippen LogP contribution is -2.28. The molecule has 2 unspecified atom stereocenters. The van der Waals surface area contributed by atoms with Gasteiger partial charge in [-0.2, -0.15) is 0 Å². The molecule has 1 aliphatic rings. The molecule has 0 N–H and O–H groups in total. The number of thiophene rings is 1. The Balaban J connectivity index is 2.11. The van der Waals surface area contributed by atoms with Gasteiger partial charge in [0.05, 0.1) is 4.90 Å². The molecule has 2 atom stereocenters. The summed E-state index contributed by atoms with van der Waals surface area (Å²) in [5.74, 6) is 0.617. The summed E-state index contributed by atoms with van der Waals surface area (Å²) >= 11 is 1.10. The standard InChI is InChI=1S/C14H19ClO4S2/c1-8-4-9(2)6-11(5-8)19-14(16)12-7-13(10(3)20-12)21(15,17)18/h7-9,11H,4-6H2,1-3H3. The molecule has 1 aromatic rings. The average Bonchev–Trinajstić information content (AvgIpc) is 2.69. The third-order valence-electron chi connectivity index (χ3n) is 3.75. The molecular formula is C14H19ClO4S2. The Bertz CT molecular complexity index is 625. The van der Waals surface area contributed by atoms with Crippen molar-refractivity contribution in [3.05, 3.63) is 15.8 Å². The molecule has 4 nitrogen and oxygen atoms in total. The number of carbonyl (C=O) groups excluding carboxylic acids is 1. The fraction of sp³-hybridized carbons (Fsp3) is 0.643. The van der Waals surface area contributed by atoms with Crippen LogP contribution in [0.5, 0.6) is 0 Å². The highest BCUT2D eigenvalue weighted by Gasteiger charge is 2.28. The van der Waals surface area contributed by atoms with Crippen molar-refractivity contribution in [2.75, 3.05) is 0 Å². The topological polar surface area (TPSA) is 60.4 Å². The number of carbonyl (C=O) groups is 1. The Morgan fingerprint density at radius 2 is 1.86 bits per heavy atom. The first-order valence-electron chi connectivity index (χ1n) is 6.93. The van der Waals surface area contributed by atoms with Gasteiger partial charge in [0, 0.05) is 15.6 Å². The molecule has 0 radical (unpaired) electrons. The predicted octanol–water partition coefficient (Wildman–Crippen LogP) is 3.97. The molecule has 0 bridgehead atoms. The van der Waals surface area contributed by atoms with E-state index >= 15 is 0 Å². The van der Waals surface area contributed by atoms with Gasteiger partial charge < -0.3 is 4.74 Å². The Morgan fingerprint density at radius 3 is 2.33 bits per heavy atom. The Kier molecular flexibility index (Phi) is 5.00. The van der Waals surface area contributed by atoms with E-state index in [0.29, 0.717) is 16.7 Å². The van der Waals surface area contributed by atoms with Crippen LogP contribution in [0.4, 0.5) is 0 Å². The summed E-state index contributed by atoms with van der Waals surface area (Å²) in [5, 5.41) is 0. The minimum atomic E-state index is -3.82. The van der Waals surface area contributed by atoms with E-state index < -0.39 is 15.0 Å². The molecular weight excluding hydrogens is 332 g/mol. The number of hydrogen-bond donors (Lipinski definition) is 0. The maximum atomic E-state index is 12.2. The summed E-state index contributed by atoms with van der Waals surface area (Å²) in [4.78, 5) is 13.0. The summed E-state index contributed by atoms with van der Waals surface area (Å²) in [6, 6.07) is 1.31.